The molecule has 0 atom stereocenters. The van der Waals surface area contributed by atoms with Crippen molar-refractivity contribution in [2.24, 2.45) is 0 Å². The molecule has 294 valence electrons. The zero-order valence-electron chi connectivity index (χ0n) is 36.3. The molecule has 0 fully saturated rings. The number of allylic oxidation sites excluding steroid dienone is 3. The van der Waals surface area contributed by atoms with Gasteiger partial charge in [-0.3, -0.25) is 0 Å². The zero-order valence-corrected chi connectivity index (χ0v) is 36.3. The second-order valence-corrected chi connectivity index (χ2v) is 13.8. The maximum Gasteiger partial charge on any atom is -0.0204 e. The SMILES string of the molecule is C=C(C)c1ccccc1.C=C(C)c1ccccc1C.C=Cc1c(C)cccc1C.C=Cc1ccc(C)cc1.C=Cc1ccc(C)cc1C.CC=Cc1ccccc1. The lowest BCUT2D eigenvalue weighted by Crippen LogP contribution is -1.83. The molecule has 6 aromatic rings. The molecule has 0 saturated carbocycles. The Morgan fingerprint density at radius 1 is 0.439 bits per heavy atom. The fourth-order valence-corrected chi connectivity index (χ4v) is 5.44. The first kappa shape index (κ1) is 48.8. The van der Waals surface area contributed by atoms with Crippen molar-refractivity contribution in [2.75, 3.05) is 0 Å². The molecule has 0 aliphatic heterocycles. The average molecular weight is 751 g/mol. The van der Waals surface area contributed by atoms with Crippen LogP contribution >= 0.6 is 0 Å². The predicted molar refractivity (Wildman–Crippen MR) is 261 cm³/mol. The van der Waals surface area contributed by atoms with E-state index in [0.717, 1.165) is 11.1 Å². The van der Waals surface area contributed by atoms with E-state index >= 15 is 0 Å². The first-order chi connectivity index (χ1) is 27.3. The maximum atomic E-state index is 3.89. The summed E-state index contributed by atoms with van der Waals surface area (Å²) in [6, 6.07) is 49.6. The van der Waals surface area contributed by atoms with Crippen molar-refractivity contribution in [1.82, 2.24) is 0 Å². The molecule has 0 N–H and O–H groups in total. The highest BCUT2D eigenvalue weighted by Crippen LogP contribution is 2.16. The van der Waals surface area contributed by atoms with Gasteiger partial charge in [0.15, 0.2) is 0 Å². The summed E-state index contributed by atoms with van der Waals surface area (Å²) in [5.74, 6) is 0. The van der Waals surface area contributed by atoms with Gasteiger partial charge in [0.1, 0.15) is 0 Å². The maximum absolute atomic E-state index is 3.89. The van der Waals surface area contributed by atoms with Crippen LogP contribution in [0.4, 0.5) is 0 Å². The summed E-state index contributed by atoms with van der Waals surface area (Å²) in [6.07, 6.45) is 9.76. The van der Waals surface area contributed by atoms with Gasteiger partial charge in [-0.2, -0.15) is 0 Å². The van der Waals surface area contributed by atoms with Crippen LogP contribution in [0.25, 0.3) is 35.5 Å². The van der Waals surface area contributed by atoms with Gasteiger partial charge in [0.25, 0.3) is 0 Å². The Kier molecular flexibility index (Phi) is 24.1. The van der Waals surface area contributed by atoms with Crippen molar-refractivity contribution in [3.05, 3.63) is 251 Å². The van der Waals surface area contributed by atoms with Crippen LogP contribution < -0.4 is 0 Å². The number of hydrogen-bond acceptors (Lipinski definition) is 0. The molecule has 0 heterocycles. The van der Waals surface area contributed by atoms with E-state index in [9.17, 15) is 0 Å². The summed E-state index contributed by atoms with van der Waals surface area (Å²) in [5, 5.41) is 0. The Labute approximate surface area is 347 Å². The zero-order chi connectivity index (χ0) is 42.6. The van der Waals surface area contributed by atoms with Gasteiger partial charge in [-0.1, -0.05) is 231 Å². The Balaban J connectivity index is 0.000000342. The highest BCUT2D eigenvalue weighted by molar-refractivity contribution is 5.64. The Morgan fingerprint density at radius 2 is 0.947 bits per heavy atom. The van der Waals surface area contributed by atoms with Crippen molar-refractivity contribution in [1.29, 1.82) is 0 Å². The minimum absolute atomic E-state index is 1.12. The van der Waals surface area contributed by atoms with E-state index < -0.39 is 0 Å². The lowest BCUT2D eigenvalue weighted by molar-refractivity contribution is 1.36. The Bertz CT molecular complexity index is 2100. The summed E-state index contributed by atoms with van der Waals surface area (Å²) in [5.41, 5.74) is 17.5. The Hall–Kier alpha value is -6.24. The minimum Gasteiger partial charge on any atom is -0.0985 e. The van der Waals surface area contributed by atoms with Gasteiger partial charge in [-0.15, -0.1) is 0 Å². The number of rotatable bonds is 6. The van der Waals surface area contributed by atoms with E-state index in [1.807, 2.05) is 93.6 Å². The van der Waals surface area contributed by atoms with Gasteiger partial charge in [0, 0.05) is 0 Å². The molecule has 0 radical (unpaired) electrons. The van der Waals surface area contributed by atoms with Crippen LogP contribution in [0.15, 0.2) is 185 Å². The average Bonchev–Trinajstić information content (AvgIpc) is 3.21. The minimum atomic E-state index is 1.12. The molecule has 0 aliphatic carbocycles. The van der Waals surface area contributed by atoms with Gasteiger partial charge < -0.3 is 0 Å². The van der Waals surface area contributed by atoms with Crippen LogP contribution in [0.3, 0.4) is 0 Å². The Morgan fingerprint density at radius 3 is 1.35 bits per heavy atom. The van der Waals surface area contributed by atoms with E-state index in [1.54, 1.807) is 0 Å². The van der Waals surface area contributed by atoms with Crippen LogP contribution in [-0.2, 0) is 0 Å². The largest absolute Gasteiger partial charge is 0.0985 e. The number of benzene rings is 6. The van der Waals surface area contributed by atoms with Gasteiger partial charge in [0.2, 0.25) is 0 Å². The highest BCUT2D eigenvalue weighted by Gasteiger charge is 1.95. The number of aryl methyl sites for hydroxylation is 6. The fourth-order valence-electron chi connectivity index (χ4n) is 5.44. The molecule has 0 aromatic heterocycles. The summed E-state index contributed by atoms with van der Waals surface area (Å²) in [6.45, 7) is 37.5. The van der Waals surface area contributed by atoms with E-state index in [0.29, 0.717) is 0 Å². The van der Waals surface area contributed by atoms with Crippen molar-refractivity contribution in [3.63, 3.8) is 0 Å². The third kappa shape index (κ3) is 20.3. The second-order valence-electron chi connectivity index (χ2n) is 13.8. The molecule has 6 rings (SSSR count). The quantitative estimate of drug-likeness (QED) is 0.159. The van der Waals surface area contributed by atoms with Crippen LogP contribution in [0.2, 0.25) is 0 Å². The molecule has 0 saturated heterocycles. The van der Waals surface area contributed by atoms with Gasteiger partial charge in [-0.25, -0.2) is 0 Å². The summed E-state index contributed by atoms with van der Waals surface area (Å²) >= 11 is 0. The molecule has 0 heteroatoms. The lowest BCUT2D eigenvalue weighted by Gasteiger charge is -2.02. The molecule has 0 bridgehead atoms. The van der Waals surface area contributed by atoms with E-state index in [4.69, 9.17) is 0 Å². The predicted octanol–water partition coefficient (Wildman–Crippen LogP) is 17.0. The number of hydrogen-bond donors (Lipinski definition) is 0. The molecule has 0 unspecified atom stereocenters. The monoisotopic (exact) mass is 751 g/mol. The van der Waals surface area contributed by atoms with Crippen molar-refractivity contribution < 1.29 is 0 Å². The molecular formula is C57H66. The van der Waals surface area contributed by atoms with E-state index in [1.165, 1.54) is 66.8 Å². The fraction of sp³-hybridized carbons (Fsp3) is 0.158. The molecule has 0 nitrogen and oxygen atoms in total. The molecule has 6 aromatic carbocycles. The van der Waals surface area contributed by atoms with Gasteiger partial charge >= 0.3 is 0 Å². The van der Waals surface area contributed by atoms with Crippen molar-refractivity contribution in [3.8, 4) is 0 Å². The molecule has 0 amide bonds. The third-order valence-electron chi connectivity index (χ3n) is 8.73. The smallest absolute Gasteiger partial charge is 0.0204 e. The standard InChI is InChI=1S/3C10H12.3C9H10/c1-8(2)10-7-5-4-6-9(10)3;1-4-10-6-5-8(2)7-9(10)3;1-4-10-8(2)6-5-7-9(10)3;1-8(2)9-6-4-3-5-7-9;1-3-9-6-4-8(2)5-7-9;1-2-6-9-7-4-3-5-8-9/h3*4-7H,1H2,2-3H3;2*3-7H,1H2,2H3;2-8H,1H3. The van der Waals surface area contributed by atoms with E-state index in [-0.39, 0.29) is 0 Å². The van der Waals surface area contributed by atoms with E-state index in [2.05, 4.69) is 178 Å². The highest BCUT2D eigenvalue weighted by atomic mass is 14.0. The van der Waals surface area contributed by atoms with Crippen molar-refractivity contribution >= 4 is 35.5 Å². The van der Waals surface area contributed by atoms with Crippen molar-refractivity contribution in [2.45, 2.75) is 62.3 Å². The topological polar surface area (TPSA) is 0 Å². The summed E-state index contributed by atoms with van der Waals surface area (Å²) in [7, 11) is 0. The van der Waals surface area contributed by atoms with Gasteiger partial charge in [0.05, 0.1) is 0 Å². The molecule has 0 spiro atoms. The second kappa shape index (κ2) is 28.2. The normalized spacial score (nSPS) is 9.42. The summed E-state index contributed by atoms with van der Waals surface area (Å²) < 4.78 is 0. The van der Waals surface area contributed by atoms with Gasteiger partial charge in [-0.05, 0) is 118 Å². The van der Waals surface area contributed by atoms with Crippen LogP contribution in [0, 0.1) is 41.5 Å². The van der Waals surface area contributed by atoms with Crippen LogP contribution in [-0.4, -0.2) is 0 Å². The molecule has 57 heavy (non-hydrogen) atoms. The third-order valence-corrected chi connectivity index (χ3v) is 8.73. The lowest BCUT2D eigenvalue weighted by atomic mass is 10.0. The van der Waals surface area contributed by atoms with Crippen LogP contribution in [0.5, 0.6) is 0 Å². The van der Waals surface area contributed by atoms with Crippen LogP contribution in [0.1, 0.15) is 87.5 Å². The molecular weight excluding hydrogens is 685 g/mol. The molecule has 0 aliphatic rings. The first-order valence-corrected chi connectivity index (χ1v) is 19.4. The summed E-state index contributed by atoms with van der Waals surface area (Å²) in [4.78, 5) is 0. The first-order valence-electron chi connectivity index (χ1n) is 19.4.